The molecule has 1 atom stereocenters. The number of hydrogen-bond acceptors (Lipinski definition) is 4. The molecule has 0 radical (unpaired) electrons. The van der Waals surface area contributed by atoms with Crippen LogP contribution in [0, 0.1) is 0 Å². The molecule has 2 aliphatic heterocycles. The van der Waals surface area contributed by atoms with Crippen molar-refractivity contribution in [2.45, 2.75) is 36.1 Å². The minimum absolute atomic E-state index is 0.372. The van der Waals surface area contributed by atoms with E-state index in [-0.39, 0.29) is 0 Å². The Morgan fingerprint density at radius 1 is 1.30 bits per heavy atom. The summed E-state index contributed by atoms with van der Waals surface area (Å²) in [6, 6.07) is 2.11. The molecule has 1 aromatic heterocycles. The van der Waals surface area contributed by atoms with E-state index in [1.807, 2.05) is 0 Å². The summed E-state index contributed by atoms with van der Waals surface area (Å²) in [4.78, 5) is 3.74. The van der Waals surface area contributed by atoms with Crippen LogP contribution in [0.3, 0.4) is 0 Å². The van der Waals surface area contributed by atoms with Gasteiger partial charge in [-0.3, -0.25) is 4.90 Å². The standard InChI is InChI=1S/C13H19ClN2O2S2/c14-8-12-7-13(10-19-12)20(17,18)16-6-3-11(9-16)15-4-1-2-5-15/h7,10-11H,1-6,8-9H2. The number of likely N-dealkylation sites (tertiary alicyclic amines) is 1. The van der Waals surface area contributed by atoms with Crippen molar-refractivity contribution in [2.75, 3.05) is 26.2 Å². The predicted molar refractivity (Wildman–Crippen MR) is 81.8 cm³/mol. The van der Waals surface area contributed by atoms with Crippen LogP contribution in [0.5, 0.6) is 0 Å². The minimum Gasteiger partial charge on any atom is -0.299 e. The van der Waals surface area contributed by atoms with E-state index in [0.717, 1.165) is 24.4 Å². The Bertz CT molecular complexity index is 567. The van der Waals surface area contributed by atoms with Gasteiger partial charge in [0.1, 0.15) is 0 Å². The van der Waals surface area contributed by atoms with Crippen molar-refractivity contribution in [3.8, 4) is 0 Å². The zero-order valence-electron chi connectivity index (χ0n) is 11.3. The van der Waals surface area contributed by atoms with Crippen LogP contribution in [0.15, 0.2) is 16.3 Å². The third-order valence-electron chi connectivity index (χ3n) is 4.18. The van der Waals surface area contributed by atoms with Gasteiger partial charge in [-0.25, -0.2) is 8.42 Å². The van der Waals surface area contributed by atoms with Crippen LogP contribution in [0.4, 0.5) is 0 Å². The molecule has 0 amide bonds. The average molecular weight is 335 g/mol. The topological polar surface area (TPSA) is 40.6 Å². The molecule has 0 bridgehead atoms. The molecule has 2 saturated heterocycles. The highest BCUT2D eigenvalue weighted by Gasteiger charge is 2.36. The van der Waals surface area contributed by atoms with Crippen molar-refractivity contribution in [3.63, 3.8) is 0 Å². The van der Waals surface area contributed by atoms with Crippen molar-refractivity contribution in [1.29, 1.82) is 0 Å². The lowest BCUT2D eigenvalue weighted by Crippen LogP contribution is -2.37. The van der Waals surface area contributed by atoms with Gasteiger partial charge in [0, 0.05) is 29.4 Å². The molecule has 1 aromatic rings. The van der Waals surface area contributed by atoms with Crippen LogP contribution in [0.25, 0.3) is 0 Å². The van der Waals surface area contributed by atoms with Gasteiger partial charge in [-0.1, -0.05) is 0 Å². The number of nitrogens with zero attached hydrogens (tertiary/aromatic N) is 2. The first-order chi connectivity index (χ1) is 9.61. The van der Waals surface area contributed by atoms with Gasteiger partial charge in [-0.15, -0.1) is 22.9 Å². The molecule has 1 unspecified atom stereocenters. The summed E-state index contributed by atoms with van der Waals surface area (Å²) < 4.78 is 26.8. The molecule has 2 aliphatic rings. The normalized spacial score (nSPS) is 25.6. The Labute approximate surface area is 129 Å². The van der Waals surface area contributed by atoms with E-state index in [4.69, 9.17) is 11.6 Å². The van der Waals surface area contributed by atoms with Crippen LogP contribution in [-0.2, 0) is 15.9 Å². The molecule has 3 rings (SSSR count). The second kappa shape index (κ2) is 5.93. The van der Waals surface area contributed by atoms with E-state index in [1.54, 1.807) is 15.8 Å². The van der Waals surface area contributed by atoms with Gasteiger partial charge in [0.2, 0.25) is 10.0 Å². The third-order valence-corrected chi connectivity index (χ3v) is 7.56. The summed E-state index contributed by atoms with van der Waals surface area (Å²) in [5.74, 6) is 0.372. The lowest BCUT2D eigenvalue weighted by molar-refractivity contribution is 0.251. The molecule has 4 nitrogen and oxygen atoms in total. The predicted octanol–water partition coefficient (Wildman–Crippen LogP) is 2.35. The smallest absolute Gasteiger partial charge is 0.243 e. The first-order valence-electron chi connectivity index (χ1n) is 6.99. The van der Waals surface area contributed by atoms with Gasteiger partial charge in [-0.05, 0) is 38.4 Å². The van der Waals surface area contributed by atoms with Crippen molar-refractivity contribution in [3.05, 3.63) is 16.3 Å². The first kappa shape index (κ1) is 14.8. The summed E-state index contributed by atoms with van der Waals surface area (Å²) in [6.45, 7) is 3.50. The van der Waals surface area contributed by atoms with Crippen LogP contribution in [0.1, 0.15) is 24.1 Å². The molecule has 7 heteroatoms. The Morgan fingerprint density at radius 3 is 2.70 bits per heavy atom. The van der Waals surface area contributed by atoms with Crippen LogP contribution >= 0.6 is 22.9 Å². The Balaban J connectivity index is 1.72. The summed E-state index contributed by atoms with van der Waals surface area (Å²) in [5.41, 5.74) is 0. The highest BCUT2D eigenvalue weighted by molar-refractivity contribution is 7.89. The van der Waals surface area contributed by atoms with E-state index in [0.29, 0.717) is 29.9 Å². The van der Waals surface area contributed by atoms with Crippen LogP contribution < -0.4 is 0 Å². The molecule has 0 saturated carbocycles. The molecular weight excluding hydrogens is 316 g/mol. The molecule has 0 spiro atoms. The third kappa shape index (κ3) is 2.76. The van der Waals surface area contributed by atoms with Crippen molar-refractivity contribution >= 4 is 33.0 Å². The zero-order valence-corrected chi connectivity index (χ0v) is 13.7. The van der Waals surface area contributed by atoms with Crippen LogP contribution in [0.2, 0.25) is 0 Å². The summed E-state index contributed by atoms with van der Waals surface area (Å²) in [7, 11) is -3.33. The fourth-order valence-corrected chi connectivity index (χ4v) is 5.92. The van der Waals surface area contributed by atoms with Crippen molar-refractivity contribution < 1.29 is 8.42 Å². The fraction of sp³-hybridized carbons (Fsp3) is 0.692. The molecule has 2 fully saturated rings. The molecule has 0 N–H and O–H groups in total. The van der Waals surface area contributed by atoms with Gasteiger partial charge >= 0.3 is 0 Å². The maximum atomic E-state index is 12.6. The lowest BCUT2D eigenvalue weighted by atomic mass is 10.2. The number of thiophene rings is 1. The zero-order chi connectivity index (χ0) is 14.2. The van der Waals surface area contributed by atoms with Crippen molar-refractivity contribution in [1.82, 2.24) is 9.21 Å². The maximum Gasteiger partial charge on any atom is 0.243 e. The molecular formula is C13H19ClN2O2S2. The first-order valence-corrected chi connectivity index (χ1v) is 9.84. The number of sulfonamides is 1. The van der Waals surface area contributed by atoms with E-state index in [2.05, 4.69) is 4.90 Å². The van der Waals surface area contributed by atoms with Gasteiger partial charge in [0.15, 0.2) is 0 Å². The van der Waals surface area contributed by atoms with Gasteiger partial charge < -0.3 is 0 Å². The van der Waals surface area contributed by atoms with E-state index in [1.165, 1.54) is 24.2 Å². The largest absolute Gasteiger partial charge is 0.299 e. The SMILES string of the molecule is O=S(=O)(c1csc(CCl)c1)N1CCC(N2CCCC2)C1. The highest BCUT2D eigenvalue weighted by atomic mass is 35.5. The van der Waals surface area contributed by atoms with Crippen molar-refractivity contribution in [2.24, 2.45) is 0 Å². The fourth-order valence-electron chi connectivity index (χ4n) is 3.05. The minimum atomic E-state index is -3.33. The van der Waals surface area contributed by atoms with E-state index < -0.39 is 10.0 Å². The number of alkyl halides is 1. The molecule has 3 heterocycles. The monoisotopic (exact) mass is 334 g/mol. The number of halogens is 1. The average Bonchev–Trinajstić information content (AvgIpc) is 3.18. The maximum absolute atomic E-state index is 12.6. The Morgan fingerprint density at radius 2 is 2.05 bits per heavy atom. The Kier molecular flexibility index (Phi) is 4.38. The second-order valence-corrected chi connectivity index (χ2v) is 8.63. The number of rotatable bonds is 4. The van der Waals surface area contributed by atoms with Gasteiger partial charge in [0.05, 0.1) is 10.8 Å². The van der Waals surface area contributed by atoms with Crippen LogP contribution in [-0.4, -0.2) is 49.8 Å². The number of hydrogen-bond donors (Lipinski definition) is 0. The summed E-state index contributed by atoms with van der Waals surface area (Å²) in [5, 5.41) is 1.70. The second-order valence-electron chi connectivity index (χ2n) is 5.43. The van der Waals surface area contributed by atoms with E-state index in [9.17, 15) is 8.42 Å². The lowest BCUT2D eigenvalue weighted by Gasteiger charge is -2.23. The molecule has 112 valence electrons. The quantitative estimate of drug-likeness (QED) is 0.794. The summed E-state index contributed by atoms with van der Waals surface area (Å²) in [6.07, 6.45) is 3.44. The van der Waals surface area contributed by atoms with Gasteiger partial charge in [-0.2, -0.15) is 4.31 Å². The van der Waals surface area contributed by atoms with E-state index >= 15 is 0 Å². The van der Waals surface area contributed by atoms with Gasteiger partial charge in [0.25, 0.3) is 0 Å². The highest BCUT2D eigenvalue weighted by Crippen LogP contribution is 2.28. The summed E-state index contributed by atoms with van der Waals surface area (Å²) >= 11 is 7.17. The molecule has 0 aromatic carbocycles. The Hall–Kier alpha value is -0.140. The molecule has 20 heavy (non-hydrogen) atoms. The molecule has 0 aliphatic carbocycles.